The molecule has 0 aromatic heterocycles. The Bertz CT molecular complexity index is 777. The summed E-state index contributed by atoms with van der Waals surface area (Å²) in [4.78, 5) is 33.7. The molecule has 2 rings (SSSR count). The van der Waals surface area contributed by atoms with Crippen molar-refractivity contribution in [2.24, 2.45) is 0 Å². The summed E-state index contributed by atoms with van der Waals surface area (Å²) >= 11 is 0. The van der Waals surface area contributed by atoms with Gasteiger partial charge in [-0.05, 0) is 24.6 Å². The summed E-state index contributed by atoms with van der Waals surface area (Å²) in [5.74, 6) is -1.63. The van der Waals surface area contributed by atoms with Crippen LogP contribution in [0.25, 0.3) is 0 Å². The third-order valence-corrected chi connectivity index (χ3v) is 3.80. The minimum absolute atomic E-state index is 0.0928. The Morgan fingerprint density at radius 1 is 1.12 bits per heavy atom. The van der Waals surface area contributed by atoms with E-state index in [1.807, 2.05) is 37.3 Å². The summed E-state index contributed by atoms with van der Waals surface area (Å²) in [7, 11) is 0. The van der Waals surface area contributed by atoms with E-state index >= 15 is 0 Å². The number of amides is 1. The summed E-state index contributed by atoms with van der Waals surface area (Å²) in [5.41, 5.74) is 1.18. The van der Waals surface area contributed by atoms with E-state index in [0.717, 1.165) is 5.56 Å². The Hall–Kier alpha value is -3.26. The van der Waals surface area contributed by atoms with E-state index in [4.69, 9.17) is 0 Å². The van der Waals surface area contributed by atoms with Crippen molar-refractivity contribution in [2.75, 3.05) is 5.32 Å². The van der Waals surface area contributed by atoms with E-state index in [1.165, 1.54) is 24.3 Å². The van der Waals surface area contributed by atoms with Gasteiger partial charge in [0, 0.05) is 23.9 Å². The van der Waals surface area contributed by atoms with Gasteiger partial charge in [0.1, 0.15) is 6.04 Å². The first-order chi connectivity index (χ1) is 12.4. The van der Waals surface area contributed by atoms with Crippen molar-refractivity contribution < 1.29 is 19.6 Å². The third-order valence-electron chi connectivity index (χ3n) is 3.80. The molecule has 0 spiro atoms. The summed E-state index contributed by atoms with van der Waals surface area (Å²) in [6, 6.07) is 13.3. The van der Waals surface area contributed by atoms with Gasteiger partial charge in [0.05, 0.1) is 11.3 Å². The van der Waals surface area contributed by atoms with Crippen LogP contribution in [0.15, 0.2) is 54.6 Å². The normalized spacial score (nSPS) is 12.8. The van der Waals surface area contributed by atoms with Crippen LogP contribution in [0.2, 0.25) is 0 Å². The van der Waals surface area contributed by atoms with Crippen LogP contribution in [0.4, 0.5) is 11.4 Å². The van der Waals surface area contributed by atoms with Crippen LogP contribution >= 0.6 is 0 Å². The predicted molar refractivity (Wildman–Crippen MR) is 95.8 cm³/mol. The first kappa shape index (κ1) is 19.1. The van der Waals surface area contributed by atoms with Gasteiger partial charge in [0.15, 0.2) is 0 Å². The van der Waals surface area contributed by atoms with Gasteiger partial charge in [0.2, 0.25) is 5.91 Å². The summed E-state index contributed by atoms with van der Waals surface area (Å²) in [6.45, 7) is 1.82. The highest BCUT2D eigenvalue weighted by Gasteiger charge is 2.23. The molecule has 26 heavy (non-hydrogen) atoms. The van der Waals surface area contributed by atoms with E-state index in [0.29, 0.717) is 5.69 Å². The highest BCUT2D eigenvalue weighted by Crippen LogP contribution is 2.16. The fraction of sp³-hybridized carbons (Fsp3) is 0.222. The minimum atomic E-state index is -1.13. The second-order valence-corrected chi connectivity index (χ2v) is 5.75. The summed E-state index contributed by atoms with van der Waals surface area (Å²) in [5, 5.41) is 25.4. The number of nitro benzene ring substituents is 1. The van der Waals surface area contributed by atoms with Gasteiger partial charge >= 0.3 is 5.97 Å². The number of nitrogens with one attached hydrogen (secondary N) is 2. The molecule has 2 unspecified atom stereocenters. The highest BCUT2D eigenvalue weighted by molar-refractivity contribution is 5.94. The number of carbonyl (C=O) groups is 2. The maximum atomic E-state index is 12.1. The molecule has 1 amide bonds. The van der Waals surface area contributed by atoms with Gasteiger partial charge in [-0.25, -0.2) is 0 Å². The standard InChI is InChI=1S/C18H19N3O5/c1-12(13-5-3-2-4-6-13)19-16(18(23)24)11-17(22)20-14-7-9-15(10-8-14)21(25)26/h2-10,12,16,19H,11H2,1H3,(H,20,22)(H,23,24). The molecular weight excluding hydrogens is 338 g/mol. The first-order valence-corrected chi connectivity index (χ1v) is 7.95. The van der Waals surface area contributed by atoms with E-state index in [-0.39, 0.29) is 18.2 Å². The Kier molecular flexibility index (Phi) is 6.40. The molecule has 2 atom stereocenters. The molecule has 0 saturated heterocycles. The van der Waals surface area contributed by atoms with Crippen molar-refractivity contribution in [1.29, 1.82) is 0 Å². The van der Waals surface area contributed by atoms with E-state index in [2.05, 4.69) is 10.6 Å². The van der Waals surface area contributed by atoms with Crippen molar-refractivity contribution in [3.05, 3.63) is 70.3 Å². The van der Waals surface area contributed by atoms with Gasteiger partial charge in [-0.15, -0.1) is 0 Å². The van der Waals surface area contributed by atoms with E-state index in [9.17, 15) is 24.8 Å². The molecule has 0 aliphatic rings. The second-order valence-electron chi connectivity index (χ2n) is 5.75. The molecule has 0 bridgehead atoms. The smallest absolute Gasteiger partial charge is 0.321 e. The molecule has 2 aromatic carbocycles. The molecule has 136 valence electrons. The number of aliphatic carboxylic acids is 1. The lowest BCUT2D eigenvalue weighted by Gasteiger charge is -2.20. The number of carboxylic acid groups (broad SMARTS) is 1. The van der Waals surface area contributed by atoms with Crippen molar-refractivity contribution in [2.45, 2.75) is 25.4 Å². The number of rotatable bonds is 8. The average molecular weight is 357 g/mol. The average Bonchev–Trinajstić information content (AvgIpc) is 2.62. The number of carboxylic acids is 1. The lowest BCUT2D eigenvalue weighted by Crippen LogP contribution is -2.41. The van der Waals surface area contributed by atoms with Crippen LogP contribution < -0.4 is 10.6 Å². The zero-order valence-electron chi connectivity index (χ0n) is 14.1. The number of benzene rings is 2. The number of hydrogen-bond acceptors (Lipinski definition) is 5. The van der Waals surface area contributed by atoms with Gasteiger partial charge in [-0.1, -0.05) is 30.3 Å². The van der Waals surface area contributed by atoms with E-state index in [1.54, 1.807) is 0 Å². The van der Waals surface area contributed by atoms with Gasteiger partial charge in [-0.2, -0.15) is 0 Å². The maximum absolute atomic E-state index is 12.1. The number of nitro groups is 1. The highest BCUT2D eigenvalue weighted by atomic mass is 16.6. The third kappa shape index (κ3) is 5.38. The van der Waals surface area contributed by atoms with Crippen LogP contribution in [-0.2, 0) is 9.59 Å². The van der Waals surface area contributed by atoms with Crippen molar-refractivity contribution >= 4 is 23.3 Å². The fourth-order valence-electron chi connectivity index (χ4n) is 2.42. The van der Waals surface area contributed by atoms with E-state index < -0.39 is 22.8 Å². The molecule has 0 aliphatic carbocycles. The topological polar surface area (TPSA) is 122 Å². The van der Waals surface area contributed by atoms with Gasteiger partial charge in [0.25, 0.3) is 5.69 Å². The predicted octanol–water partition coefficient (Wildman–Crippen LogP) is 2.73. The number of hydrogen-bond donors (Lipinski definition) is 3. The first-order valence-electron chi connectivity index (χ1n) is 7.95. The van der Waals surface area contributed by atoms with Crippen molar-refractivity contribution in [3.63, 3.8) is 0 Å². The summed E-state index contributed by atoms with van der Waals surface area (Å²) < 4.78 is 0. The van der Waals surface area contributed by atoms with Crippen LogP contribution in [-0.4, -0.2) is 27.9 Å². The molecule has 0 heterocycles. The largest absolute Gasteiger partial charge is 0.480 e. The SMILES string of the molecule is CC(NC(CC(=O)Nc1ccc([N+](=O)[O-])cc1)C(=O)O)c1ccccc1. The van der Waals surface area contributed by atoms with Crippen LogP contribution in [0.5, 0.6) is 0 Å². The Labute approximate surface area is 150 Å². The molecule has 0 saturated carbocycles. The minimum Gasteiger partial charge on any atom is -0.480 e. The fourth-order valence-corrected chi connectivity index (χ4v) is 2.42. The Morgan fingerprint density at radius 3 is 2.27 bits per heavy atom. The van der Waals surface area contributed by atoms with Crippen LogP contribution in [0.3, 0.4) is 0 Å². The monoisotopic (exact) mass is 357 g/mol. The molecule has 8 heteroatoms. The van der Waals surface area contributed by atoms with Crippen LogP contribution in [0, 0.1) is 10.1 Å². The number of nitrogens with zero attached hydrogens (tertiary/aromatic N) is 1. The summed E-state index contributed by atoms with van der Waals surface area (Å²) in [6.07, 6.45) is -0.274. The molecular formula is C18H19N3O5. The molecule has 8 nitrogen and oxygen atoms in total. The second kappa shape index (κ2) is 8.72. The molecule has 2 aromatic rings. The quantitative estimate of drug-likeness (QED) is 0.493. The Morgan fingerprint density at radius 2 is 1.73 bits per heavy atom. The zero-order valence-corrected chi connectivity index (χ0v) is 14.1. The van der Waals surface area contributed by atoms with Gasteiger partial charge in [-0.3, -0.25) is 25.0 Å². The Balaban J connectivity index is 1.97. The number of carbonyl (C=O) groups excluding carboxylic acids is 1. The molecule has 0 aliphatic heterocycles. The van der Waals surface area contributed by atoms with Crippen LogP contribution in [0.1, 0.15) is 24.9 Å². The zero-order chi connectivity index (χ0) is 19.1. The lowest BCUT2D eigenvalue weighted by molar-refractivity contribution is -0.384. The molecule has 3 N–H and O–H groups in total. The lowest BCUT2D eigenvalue weighted by atomic mass is 10.1. The van der Waals surface area contributed by atoms with Gasteiger partial charge < -0.3 is 10.4 Å². The molecule has 0 radical (unpaired) electrons. The maximum Gasteiger partial charge on any atom is 0.321 e. The van der Waals surface area contributed by atoms with Crippen molar-refractivity contribution in [3.8, 4) is 0 Å². The van der Waals surface area contributed by atoms with Crippen molar-refractivity contribution in [1.82, 2.24) is 5.32 Å². The molecule has 0 fully saturated rings. The number of non-ortho nitro benzene ring substituents is 1. The number of anilines is 1.